The van der Waals surface area contributed by atoms with Crippen molar-refractivity contribution in [2.24, 2.45) is 0 Å². The first-order valence-corrected chi connectivity index (χ1v) is 3.84. The van der Waals surface area contributed by atoms with Crippen LogP contribution in [0.5, 0.6) is 11.5 Å². The lowest BCUT2D eigenvalue weighted by Gasteiger charge is -1.91. The molecule has 0 amide bonds. The van der Waals surface area contributed by atoms with E-state index in [-0.39, 0.29) is 11.5 Å². The number of phenolic OH excluding ortho intramolecular Hbond substituents is 2. The van der Waals surface area contributed by atoms with Gasteiger partial charge in [-0.2, -0.15) is 0 Å². The Labute approximate surface area is 85.0 Å². The number of carbonyl (C=O) groups is 2. The fourth-order valence-corrected chi connectivity index (χ4v) is 0.594. The van der Waals surface area contributed by atoms with Gasteiger partial charge >= 0.3 is 11.9 Å². The van der Waals surface area contributed by atoms with Crippen LogP contribution in [-0.4, -0.2) is 32.4 Å². The van der Waals surface area contributed by atoms with Crippen molar-refractivity contribution in [3.8, 4) is 11.5 Å². The average Bonchev–Trinajstić information content (AvgIpc) is 2.08. The highest BCUT2D eigenvalue weighted by Crippen LogP contribution is 2.21. The van der Waals surface area contributed by atoms with E-state index in [4.69, 9.17) is 20.4 Å². The maximum atomic E-state index is 9.43. The minimum absolute atomic E-state index is 0.0764. The van der Waals surface area contributed by atoms with Crippen molar-refractivity contribution < 1.29 is 30.0 Å². The monoisotopic (exact) mass is 214 g/mol. The molecule has 0 heterocycles. The molecule has 0 unspecified atom stereocenters. The SMILES string of the molecule is O=C(O)CC(=O)O.Oc1ccccc1O. The predicted molar refractivity (Wildman–Crippen MR) is 49.7 cm³/mol. The summed E-state index contributed by atoms with van der Waals surface area (Å²) in [6, 6.07) is 6.15. The molecule has 4 N–H and O–H groups in total. The highest BCUT2D eigenvalue weighted by Gasteiger charge is 2.01. The normalized spacial score (nSPS) is 8.53. The van der Waals surface area contributed by atoms with Gasteiger partial charge in [0, 0.05) is 0 Å². The standard InChI is InChI=1S/C6H6O2.C3H4O4/c7-5-3-1-2-4-6(5)8;4-2(5)1-3(6)7/h1-4,7-8H;1H2,(H,4,5)(H,6,7). The number of para-hydroxylation sites is 2. The fraction of sp³-hybridized carbons (Fsp3) is 0.111. The van der Waals surface area contributed by atoms with Gasteiger partial charge in [0.1, 0.15) is 6.42 Å². The van der Waals surface area contributed by atoms with Crippen LogP contribution in [0.4, 0.5) is 0 Å². The molecule has 0 aromatic heterocycles. The molecule has 0 bridgehead atoms. The van der Waals surface area contributed by atoms with E-state index in [1.165, 1.54) is 12.1 Å². The summed E-state index contributed by atoms with van der Waals surface area (Å²) in [6.45, 7) is 0. The molecule has 1 rings (SSSR count). The van der Waals surface area contributed by atoms with Gasteiger partial charge < -0.3 is 20.4 Å². The van der Waals surface area contributed by atoms with E-state index in [0.29, 0.717) is 0 Å². The third-order valence-electron chi connectivity index (χ3n) is 1.18. The van der Waals surface area contributed by atoms with Gasteiger partial charge in [-0.05, 0) is 12.1 Å². The smallest absolute Gasteiger partial charge is 0.314 e. The topological polar surface area (TPSA) is 115 Å². The zero-order valence-electron chi connectivity index (χ0n) is 7.62. The van der Waals surface area contributed by atoms with Crippen LogP contribution in [0.25, 0.3) is 0 Å². The zero-order valence-corrected chi connectivity index (χ0v) is 7.62. The van der Waals surface area contributed by atoms with Gasteiger partial charge in [0.2, 0.25) is 0 Å². The van der Waals surface area contributed by atoms with Crippen LogP contribution >= 0.6 is 0 Å². The molecule has 6 nitrogen and oxygen atoms in total. The number of carboxylic acids is 2. The Morgan fingerprint density at radius 1 is 0.933 bits per heavy atom. The number of phenols is 2. The Morgan fingerprint density at radius 2 is 1.27 bits per heavy atom. The Morgan fingerprint density at radius 3 is 1.40 bits per heavy atom. The second kappa shape index (κ2) is 6.25. The Balaban J connectivity index is 0.000000265. The Bertz CT molecular complexity index is 313. The van der Waals surface area contributed by atoms with Gasteiger partial charge in [0.25, 0.3) is 0 Å². The second-order valence-corrected chi connectivity index (χ2v) is 2.45. The molecule has 0 spiro atoms. The molecular weight excluding hydrogens is 204 g/mol. The van der Waals surface area contributed by atoms with E-state index in [1.54, 1.807) is 12.1 Å². The van der Waals surface area contributed by atoms with Gasteiger partial charge in [-0.15, -0.1) is 0 Å². The molecule has 0 aliphatic rings. The first-order chi connectivity index (χ1) is 6.93. The van der Waals surface area contributed by atoms with Crippen LogP contribution in [0, 0.1) is 0 Å². The number of hydrogen-bond donors (Lipinski definition) is 4. The summed E-state index contributed by atoms with van der Waals surface area (Å²) in [7, 11) is 0. The first-order valence-electron chi connectivity index (χ1n) is 3.84. The summed E-state index contributed by atoms with van der Waals surface area (Å²) in [6.07, 6.45) is -0.806. The molecule has 0 saturated heterocycles. The van der Waals surface area contributed by atoms with Crippen LogP contribution in [0.15, 0.2) is 24.3 Å². The lowest BCUT2D eigenvalue weighted by molar-refractivity contribution is -0.147. The van der Waals surface area contributed by atoms with Crippen molar-refractivity contribution in [3.05, 3.63) is 24.3 Å². The number of rotatable bonds is 2. The van der Waals surface area contributed by atoms with Crippen LogP contribution < -0.4 is 0 Å². The molecule has 0 aliphatic carbocycles. The summed E-state index contributed by atoms with van der Waals surface area (Å²) < 4.78 is 0. The number of hydrogen-bond acceptors (Lipinski definition) is 4. The molecule has 0 atom stereocenters. The summed E-state index contributed by atoms with van der Waals surface area (Å²) in [5.74, 6) is -2.78. The summed E-state index contributed by atoms with van der Waals surface area (Å²) in [5.41, 5.74) is 0. The summed E-state index contributed by atoms with van der Waals surface area (Å²) in [5, 5.41) is 32.7. The van der Waals surface area contributed by atoms with Crippen LogP contribution in [0.1, 0.15) is 6.42 Å². The van der Waals surface area contributed by atoms with Crippen molar-refractivity contribution in [1.82, 2.24) is 0 Å². The van der Waals surface area contributed by atoms with E-state index in [2.05, 4.69) is 0 Å². The van der Waals surface area contributed by atoms with E-state index < -0.39 is 18.4 Å². The summed E-state index contributed by atoms with van der Waals surface area (Å²) in [4.78, 5) is 18.9. The number of aliphatic carboxylic acids is 2. The molecule has 82 valence electrons. The third-order valence-corrected chi connectivity index (χ3v) is 1.18. The lowest BCUT2D eigenvalue weighted by atomic mass is 10.3. The van der Waals surface area contributed by atoms with Gasteiger partial charge in [-0.3, -0.25) is 9.59 Å². The van der Waals surface area contributed by atoms with Crippen LogP contribution in [-0.2, 0) is 9.59 Å². The lowest BCUT2D eigenvalue weighted by Crippen LogP contribution is -2.03. The van der Waals surface area contributed by atoms with Crippen molar-refractivity contribution in [1.29, 1.82) is 0 Å². The molecule has 0 radical (unpaired) electrons. The van der Waals surface area contributed by atoms with E-state index in [1.807, 2.05) is 0 Å². The zero-order chi connectivity index (χ0) is 11.8. The highest BCUT2D eigenvalue weighted by molar-refractivity contribution is 5.88. The van der Waals surface area contributed by atoms with Crippen molar-refractivity contribution in [2.75, 3.05) is 0 Å². The number of aromatic hydroxyl groups is 2. The van der Waals surface area contributed by atoms with Crippen molar-refractivity contribution >= 4 is 11.9 Å². The molecule has 6 heteroatoms. The van der Waals surface area contributed by atoms with E-state index >= 15 is 0 Å². The molecule has 0 fully saturated rings. The fourth-order valence-electron chi connectivity index (χ4n) is 0.594. The molecule has 1 aromatic carbocycles. The van der Waals surface area contributed by atoms with Gasteiger partial charge in [0.05, 0.1) is 0 Å². The maximum absolute atomic E-state index is 9.43. The second-order valence-electron chi connectivity index (χ2n) is 2.45. The molecule has 0 saturated carbocycles. The largest absolute Gasteiger partial charge is 0.504 e. The average molecular weight is 214 g/mol. The molecular formula is C9H10O6. The van der Waals surface area contributed by atoms with Crippen LogP contribution in [0.3, 0.4) is 0 Å². The third kappa shape index (κ3) is 6.88. The minimum Gasteiger partial charge on any atom is -0.504 e. The summed E-state index contributed by atoms with van der Waals surface area (Å²) >= 11 is 0. The Hall–Kier alpha value is -2.24. The van der Waals surface area contributed by atoms with E-state index in [0.717, 1.165) is 0 Å². The minimum atomic E-state index is -1.31. The van der Waals surface area contributed by atoms with Gasteiger partial charge in [-0.25, -0.2) is 0 Å². The highest BCUT2D eigenvalue weighted by atomic mass is 16.4. The molecule has 0 aliphatic heterocycles. The first kappa shape index (κ1) is 12.8. The van der Waals surface area contributed by atoms with Crippen molar-refractivity contribution in [2.45, 2.75) is 6.42 Å². The quantitative estimate of drug-likeness (QED) is 0.424. The number of carboxylic acid groups (broad SMARTS) is 2. The van der Waals surface area contributed by atoms with Gasteiger partial charge in [0.15, 0.2) is 11.5 Å². The molecule has 1 aromatic rings. The Kier molecular flexibility index (Phi) is 5.32. The van der Waals surface area contributed by atoms with Gasteiger partial charge in [-0.1, -0.05) is 12.1 Å². The van der Waals surface area contributed by atoms with Crippen LogP contribution in [0.2, 0.25) is 0 Å². The molecule has 15 heavy (non-hydrogen) atoms. The maximum Gasteiger partial charge on any atom is 0.314 e. The predicted octanol–water partition coefficient (Wildman–Crippen LogP) is 0.643. The van der Waals surface area contributed by atoms with E-state index in [9.17, 15) is 9.59 Å². The number of benzene rings is 1. The van der Waals surface area contributed by atoms with Crippen molar-refractivity contribution in [3.63, 3.8) is 0 Å².